The van der Waals surface area contributed by atoms with Gasteiger partial charge in [0.05, 0.1) is 5.75 Å². The van der Waals surface area contributed by atoms with Crippen LogP contribution in [0.2, 0.25) is 0 Å². The first kappa shape index (κ1) is 17.6. The van der Waals surface area contributed by atoms with Gasteiger partial charge in [0.25, 0.3) is 0 Å². The van der Waals surface area contributed by atoms with Crippen molar-refractivity contribution >= 4 is 26.5 Å². The molecule has 8 heteroatoms. The Morgan fingerprint density at radius 2 is 1.95 bits per heavy atom. The van der Waals surface area contributed by atoms with Gasteiger partial charge in [-0.2, -0.15) is 4.37 Å². The highest BCUT2D eigenvalue weighted by molar-refractivity contribution is 7.90. The second-order valence-electron chi connectivity index (χ2n) is 7.06. The fourth-order valence-electron chi connectivity index (χ4n) is 2.36. The van der Waals surface area contributed by atoms with E-state index in [4.69, 9.17) is 0 Å². The van der Waals surface area contributed by atoms with Crippen LogP contribution in [0.1, 0.15) is 39.4 Å². The predicted octanol–water partition coefficient (Wildman–Crippen LogP) is 1.76. The average Bonchev–Trinajstić information content (AvgIpc) is 2.85. The van der Waals surface area contributed by atoms with E-state index in [1.54, 1.807) is 0 Å². The molecule has 0 spiro atoms. The maximum atomic E-state index is 11.2. The summed E-state index contributed by atoms with van der Waals surface area (Å²) < 4.78 is 26.8. The third-order valence-corrected chi connectivity index (χ3v) is 5.36. The molecule has 0 radical (unpaired) electrons. The molecule has 0 aliphatic carbocycles. The average molecular weight is 347 g/mol. The first-order valence-corrected chi connectivity index (χ1v) is 10.5. The zero-order chi connectivity index (χ0) is 16.4. The van der Waals surface area contributed by atoms with Crippen molar-refractivity contribution in [2.45, 2.75) is 45.1 Å². The third kappa shape index (κ3) is 5.48. The van der Waals surface area contributed by atoms with E-state index in [1.165, 1.54) is 17.8 Å². The van der Waals surface area contributed by atoms with Crippen molar-refractivity contribution in [1.82, 2.24) is 14.3 Å². The Kier molecular flexibility index (Phi) is 5.45. The lowest BCUT2D eigenvalue weighted by molar-refractivity contribution is 0.230. The van der Waals surface area contributed by atoms with Crippen LogP contribution >= 0.6 is 11.5 Å². The van der Waals surface area contributed by atoms with E-state index >= 15 is 0 Å². The van der Waals surface area contributed by atoms with E-state index < -0.39 is 9.84 Å². The smallest absolute Gasteiger partial charge is 0.202 e. The van der Waals surface area contributed by atoms with Crippen LogP contribution in [-0.2, 0) is 15.3 Å². The van der Waals surface area contributed by atoms with Gasteiger partial charge in [-0.05, 0) is 12.8 Å². The molecule has 0 amide bonds. The summed E-state index contributed by atoms with van der Waals surface area (Å²) >= 11 is 1.42. The molecule has 126 valence electrons. The zero-order valence-electron chi connectivity index (χ0n) is 13.8. The molecule has 0 bridgehead atoms. The van der Waals surface area contributed by atoms with Gasteiger partial charge < -0.3 is 10.2 Å². The van der Waals surface area contributed by atoms with Crippen LogP contribution in [0, 0.1) is 0 Å². The number of likely N-dealkylation sites (tertiary alicyclic amines) is 1. The number of nitrogens with one attached hydrogen (secondary N) is 1. The summed E-state index contributed by atoms with van der Waals surface area (Å²) in [5.74, 6) is 1.13. The van der Waals surface area contributed by atoms with Crippen molar-refractivity contribution in [3.05, 3.63) is 5.82 Å². The molecule has 1 aliphatic rings. The van der Waals surface area contributed by atoms with Crippen LogP contribution in [0.5, 0.6) is 0 Å². The molecule has 0 aromatic carbocycles. The van der Waals surface area contributed by atoms with Gasteiger partial charge in [-0.1, -0.05) is 20.8 Å². The van der Waals surface area contributed by atoms with Gasteiger partial charge in [-0.25, -0.2) is 13.4 Å². The number of aromatic nitrogens is 2. The normalized spacial score (nSPS) is 18.5. The summed E-state index contributed by atoms with van der Waals surface area (Å²) in [6.07, 6.45) is 3.31. The lowest BCUT2D eigenvalue weighted by atomic mass is 9.96. The van der Waals surface area contributed by atoms with Crippen molar-refractivity contribution in [2.24, 2.45) is 0 Å². The van der Waals surface area contributed by atoms with E-state index in [2.05, 4.69) is 40.3 Å². The fourth-order valence-corrected chi connectivity index (χ4v) is 3.78. The number of hydrogen-bond acceptors (Lipinski definition) is 7. The maximum absolute atomic E-state index is 11.2. The monoisotopic (exact) mass is 346 g/mol. The topological polar surface area (TPSA) is 75.2 Å². The number of sulfone groups is 1. The Morgan fingerprint density at radius 1 is 1.32 bits per heavy atom. The standard InChI is InChI=1S/C14H26N4O2S2/c1-14(2,3)12-16-13(21-17-12)15-11-5-7-18(8-6-11)9-10-22(4,19)20/h11H,5-10H2,1-4H3,(H,15,16,17). The van der Waals surface area contributed by atoms with Crippen LogP contribution in [-0.4, -0.2) is 60.4 Å². The van der Waals surface area contributed by atoms with Crippen molar-refractivity contribution in [2.75, 3.05) is 37.0 Å². The predicted molar refractivity (Wildman–Crippen MR) is 91.4 cm³/mol. The first-order valence-electron chi connectivity index (χ1n) is 7.64. The minimum Gasteiger partial charge on any atom is -0.357 e. The van der Waals surface area contributed by atoms with E-state index in [-0.39, 0.29) is 11.2 Å². The summed E-state index contributed by atoms with van der Waals surface area (Å²) in [5.41, 5.74) is -0.0224. The van der Waals surface area contributed by atoms with E-state index in [0.29, 0.717) is 12.6 Å². The van der Waals surface area contributed by atoms with Crippen molar-refractivity contribution in [3.8, 4) is 0 Å². The summed E-state index contributed by atoms with van der Waals surface area (Å²) in [6, 6.07) is 0.398. The second kappa shape index (κ2) is 6.80. The zero-order valence-corrected chi connectivity index (χ0v) is 15.4. The van der Waals surface area contributed by atoms with Crippen LogP contribution in [0.4, 0.5) is 5.13 Å². The van der Waals surface area contributed by atoms with Gasteiger partial charge in [-0.3, -0.25) is 0 Å². The number of piperidine rings is 1. The number of anilines is 1. The molecule has 1 N–H and O–H groups in total. The highest BCUT2D eigenvalue weighted by Crippen LogP contribution is 2.24. The quantitative estimate of drug-likeness (QED) is 0.875. The molecular weight excluding hydrogens is 320 g/mol. The highest BCUT2D eigenvalue weighted by Gasteiger charge is 2.23. The molecule has 2 heterocycles. The minimum atomic E-state index is -2.87. The van der Waals surface area contributed by atoms with Crippen LogP contribution in [0.25, 0.3) is 0 Å². The Bertz CT molecular complexity index is 584. The van der Waals surface area contributed by atoms with E-state index in [9.17, 15) is 8.42 Å². The van der Waals surface area contributed by atoms with Crippen LogP contribution in [0.15, 0.2) is 0 Å². The summed E-state index contributed by atoms with van der Waals surface area (Å²) in [5, 5.41) is 4.35. The Labute approximate surface area is 137 Å². The third-order valence-electron chi connectivity index (χ3n) is 3.79. The largest absolute Gasteiger partial charge is 0.357 e. The van der Waals surface area contributed by atoms with Crippen LogP contribution in [0.3, 0.4) is 0 Å². The SMILES string of the molecule is CC(C)(C)c1nsc(NC2CCN(CCS(C)(=O)=O)CC2)n1. The van der Waals surface area contributed by atoms with Gasteiger partial charge >= 0.3 is 0 Å². The van der Waals surface area contributed by atoms with Crippen molar-refractivity contribution in [1.29, 1.82) is 0 Å². The lowest BCUT2D eigenvalue weighted by Gasteiger charge is -2.31. The molecule has 22 heavy (non-hydrogen) atoms. The minimum absolute atomic E-state index is 0.0224. The summed E-state index contributed by atoms with van der Waals surface area (Å²) in [6.45, 7) is 8.83. The molecule has 1 aliphatic heterocycles. The molecule has 1 aromatic heterocycles. The summed E-state index contributed by atoms with van der Waals surface area (Å²) in [4.78, 5) is 6.79. The Balaban J connectivity index is 1.79. The molecule has 1 saturated heterocycles. The van der Waals surface area contributed by atoms with Crippen molar-refractivity contribution in [3.63, 3.8) is 0 Å². The molecular formula is C14H26N4O2S2. The van der Waals surface area contributed by atoms with Gasteiger partial charge in [-0.15, -0.1) is 0 Å². The number of nitrogens with zero attached hydrogens (tertiary/aromatic N) is 3. The molecule has 2 rings (SSSR count). The van der Waals surface area contributed by atoms with Gasteiger partial charge in [0.15, 0.2) is 0 Å². The fraction of sp³-hybridized carbons (Fsp3) is 0.857. The second-order valence-corrected chi connectivity index (χ2v) is 10.1. The van der Waals surface area contributed by atoms with Gasteiger partial charge in [0, 0.05) is 48.9 Å². The van der Waals surface area contributed by atoms with Gasteiger partial charge in [0.2, 0.25) is 5.13 Å². The van der Waals surface area contributed by atoms with Crippen molar-refractivity contribution < 1.29 is 8.42 Å². The molecule has 1 fully saturated rings. The van der Waals surface area contributed by atoms with Gasteiger partial charge in [0.1, 0.15) is 15.7 Å². The van der Waals surface area contributed by atoms with E-state index in [0.717, 1.165) is 36.9 Å². The number of rotatable bonds is 5. The van der Waals surface area contributed by atoms with Crippen LogP contribution < -0.4 is 5.32 Å². The lowest BCUT2D eigenvalue weighted by Crippen LogP contribution is -2.41. The number of hydrogen-bond donors (Lipinski definition) is 1. The summed E-state index contributed by atoms with van der Waals surface area (Å²) in [7, 11) is -2.87. The highest BCUT2D eigenvalue weighted by atomic mass is 32.2. The van der Waals surface area contributed by atoms with E-state index in [1.807, 2.05) is 0 Å². The molecule has 0 atom stereocenters. The first-order chi connectivity index (χ1) is 10.1. The molecule has 1 aromatic rings. The molecule has 0 saturated carbocycles. The molecule has 0 unspecified atom stereocenters. The Hall–Kier alpha value is -0.730. The maximum Gasteiger partial charge on any atom is 0.202 e. The Morgan fingerprint density at radius 3 is 2.45 bits per heavy atom. The molecule has 6 nitrogen and oxygen atoms in total.